The third-order valence-corrected chi connectivity index (χ3v) is 9.33. The van der Waals surface area contributed by atoms with Crippen molar-refractivity contribution in [2.45, 2.75) is 70.7 Å². The number of ether oxygens (including phenoxy) is 2. The van der Waals surface area contributed by atoms with Crippen LogP contribution < -0.4 is 5.32 Å². The summed E-state index contributed by atoms with van der Waals surface area (Å²) in [6, 6.07) is 28.3. The van der Waals surface area contributed by atoms with Crippen LogP contribution in [0.4, 0.5) is 0 Å². The van der Waals surface area contributed by atoms with E-state index in [0.717, 1.165) is 53.0 Å². The average molecular weight is 620 g/mol. The molecule has 0 saturated carbocycles. The van der Waals surface area contributed by atoms with Gasteiger partial charge < -0.3 is 24.8 Å². The summed E-state index contributed by atoms with van der Waals surface area (Å²) in [5.74, 6) is 0.0271. The fourth-order valence-electron chi connectivity index (χ4n) is 6.55. The maximum absolute atomic E-state index is 12.5. The largest absolute Gasteiger partial charge is 0.392 e. The molecule has 46 heavy (non-hydrogen) atoms. The van der Waals surface area contributed by atoms with Gasteiger partial charge in [-0.3, -0.25) is 9.78 Å². The van der Waals surface area contributed by atoms with Crippen LogP contribution in [0.5, 0.6) is 0 Å². The molecule has 4 unspecified atom stereocenters. The second kappa shape index (κ2) is 15.6. The molecule has 7 nitrogen and oxygen atoms in total. The van der Waals surface area contributed by atoms with Crippen molar-refractivity contribution >= 4 is 5.91 Å². The minimum absolute atomic E-state index is 0.0268. The van der Waals surface area contributed by atoms with Crippen LogP contribution in [0.3, 0.4) is 0 Å². The van der Waals surface area contributed by atoms with Gasteiger partial charge in [0.05, 0.1) is 24.4 Å². The van der Waals surface area contributed by atoms with E-state index in [-0.39, 0.29) is 30.6 Å². The zero-order valence-electron chi connectivity index (χ0n) is 26.7. The van der Waals surface area contributed by atoms with Gasteiger partial charge in [0, 0.05) is 37.0 Å². The molecule has 4 aromatic rings. The molecule has 1 aromatic heterocycles. The van der Waals surface area contributed by atoms with Crippen LogP contribution in [0.1, 0.15) is 84.0 Å². The Morgan fingerprint density at radius 1 is 0.848 bits per heavy atom. The number of nitrogens with one attached hydrogen (secondary N) is 1. The second-order valence-electron chi connectivity index (χ2n) is 12.6. The van der Waals surface area contributed by atoms with E-state index in [0.29, 0.717) is 12.1 Å². The van der Waals surface area contributed by atoms with Gasteiger partial charge in [-0.2, -0.15) is 0 Å². The van der Waals surface area contributed by atoms with Crippen molar-refractivity contribution in [3.05, 3.63) is 125 Å². The first-order valence-corrected chi connectivity index (χ1v) is 16.7. The van der Waals surface area contributed by atoms with Crippen LogP contribution in [-0.2, 0) is 22.6 Å². The Hall–Kier alpha value is -3.88. The number of aliphatic hydroxyl groups excluding tert-OH is 1. The molecule has 7 heteroatoms. The lowest BCUT2D eigenvalue weighted by atomic mass is 9.89. The predicted octanol–water partition coefficient (Wildman–Crippen LogP) is 7.23. The molecule has 2 aliphatic rings. The summed E-state index contributed by atoms with van der Waals surface area (Å²) in [6.07, 6.45) is 9.08. The number of carbonyl (C=O) groups excluding carboxylic acids is 1. The van der Waals surface area contributed by atoms with Gasteiger partial charge in [-0.25, -0.2) is 0 Å². The van der Waals surface area contributed by atoms with E-state index >= 15 is 0 Å². The summed E-state index contributed by atoms with van der Waals surface area (Å²) in [4.78, 5) is 19.1. The fourth-order valence-corrected chi connectivity index (χ4v) is 6.55. The lowest BCUT2D eigenvalue weighted by Crippen LogP contribution is -2.45. The van der Waals surface area contributed by atoms with E-state index in [1.165, 1.54) is 32.1 Å². The molecule has 2 aliphatic heterocycles. The smallest absolute Gasteiger partial charge is 0.253 e. The van der Waals surface area contributed by atoms with Crippen molar-refractivity contribution in [1.29, 1.82) is 0 Å². The number of likely N-dealkylation sites (tertiary alicyclic amines) is 1. The number of hydrogen-bond acceptors (Lipinski definition) is 6. The van der Waals surface area contributed by atoms with E-state index < -0.39 is 6.29 Å². The number of rotatable bonds is 9. The number of benzene rings is 3. The molecule has 3 heterocycles. The van der Waals surface area contributed by atoms with Crippen molar-refractivity contribution in [3.8, 4) is 11.1 Å². The minimum Gasteiger partial charge on any atom is -0.392 e. The predicted molar refractivity (Wildman–Crippen MR) is 180 cm³/mol. The molecule has 240 valence electrons. The normalized spacial score (nSPS) is 22.5. The highest BCUT2D eigenvalue weighted by atomic mass is 16.7. The van der Waals surface area contributed by atoms with Crippen LogP contribution in [-0.4, -0.2) is 46.6 Å². The standard InChI is InChI=1S/C39H45N3O4/c1-28-36(26-42-21-5-3-2-4-6-22-42)45-39(46-37(28)32-14-12-29(27-43)13-15-32)33-18-16-31(17-19-33)34-10-7-9-30(23-34)24-41-38(44)35-11-8-20-40-25-35/h7-20,23,25,28,36-37,39,43H,2-6,21-22,24,26-27H2,1H3,(H,41,44). The fraction of sp³-hybridized carbons (Fsp3) is 0.385. The van der Waals surface area contributed by atoms with Gasteiger partial charge in [0.2, 0.25) is 0 Å². The number of nitrogens with zero attached hydrogens (tertiary/aromatic N) is 2. The van der Waals surface area contributed by atoms with Crippen molar-refractivity contribution in [1.82, 2.24) is 15.2 Å². The second-order valence-corrected chi connectivity index (χ2v) is 12.6. The molecule has 1 amide bonds. The number of aromatic nitrogens is 1. The van der Waals surface area contributed by atoms with Gasteiger partial charge in [-0.15, -0.1) is 0 Å². The van der Waals surface area contributed by atoms with Crippen molar-refractivity contribution in [3.63, 3.8) is 0 Å². The summed E-state index contributed by atoms with van der Waals surface area (Å²) in [5.41, 5.74) is 6.73. The Kier molecular flexibility index (Phi) is 10.9. The number of carbonyl (C=O) groups is 1. The minimum atomic E-state index is -0.485. The van der Waals surface area contributed by atoms with E-state index in [9.17, 15) is 9.90 Å². The molecule has 2 saturated heterocycles. The highest BCUT2D eigenvalue weighted by molar-refractivity contribution is 5.93. The van der Waals surface area contributed by atoms with Crippen LogP contribution in [0.2, 0.25) is 0 Å². The Bertz CT molecular complexity index is 1540. The number of amides is 1. The number of hydrogen-bond donors (Lipinski definition) is 2. The third-order valence-electron chi connectivity index (χ3n) is 9.33. The van der Waals surface area contributed by atoms with Crippen molar-refractivity contribution < 1.29 is 19.4 Å². The van der Waals surface area contributed by atoms with E-state index in [1.807, 2.05) is 24.3 Å². The maximum atomic E-state index is 12.5. The number of pyridine rings is 1. The van der Waals surface area contributed by atoms with Crippen LogP contribution in [0, 0.1) is 5.92 Å². The zero-order valence-corrected chi connectivity index (χ0v) is 26.7. The number of aliphatic hydroxyl groups is 1. The highest BCUT2D eigenvalue weighted by Gasteiger charge is 2.39. The Labute approximate surface area is 272 Å². The third kappa shape index (κ3) is 8.09. The molecular weight excluding hydrogens is 574 g/mol. The van der Waals surface area contributed by atoms with Gasteiger partial charge in [0.15, 0.2) is 6.29 Å². The molecule has 3 aromatic carbocycles. The first-order valence-electron chi connectivity index (χ1n) is 16.7. The van der Waals surface area contributed by atoms with Crippen molar-refractivity contribution in [2.75, 3.05) is 19.6 Å². The molecule has 2 fully saturated rings. The summed E-state index contributed by atoms with van der Waals surface area (Å²) < 4.78 is 13.5. The first kappa shape index (κ1) is 32.1. The van der Waals surface area contributed by atoms with E-state index in [2.05, 4.69) is 70.7 Å². The monoisotopic (exact) mass is 619 g/mol. The summed E-state index contributed by atoms with van der Waals surface area (Å²) in [6.45, 7) is 5.84. The summed E-state index contributed by atoms with van der Waals surface area (Å²) in [5, 5.41) is 12.6. The maximum Gasteiger partial charge on any atom is 0.253 e. The molecule has 0 radical (unpaired) electrons. The molecule has 6 rings (SSSR count). The van der Waals surface area contributed by atoms with Gasteiger partial charge in [-0.1, -0.05) is 92.9 Å². The summed E-state index contributed by atoms with van der Waals surface area (Å²) >= 11 is 0. The average Bonchev–Trinajstić information content (AvgIpc) is 3.10. The molecule has 2 N–H and O–H groups in total. The van der Waals surface area contributed by atoms with Gasteiger partial charge in [0.25, 0.3) is 5.91 Å². The van der Waals surface area contributed by atoms with Crippen LogP contribution in [0.25, 0.3) is 11.1 Å². The van der Waals surface area contributed by atoms with Crippen molar-refractivity contribution in [2.24, 2.45) is 5.92 Å². The Morgan fingerprint density at radius 2 is 1.59 bits per heavy atom. The molecule has 4 atom stereocenters. The van der Waals surface area contributed by atoms with E-state index in [1.54, 1.807) is 24.5 Å². The zero-order chi connectivity index (χ0) is 31.7. The first-order chi connectivity index (χ1) is 22.6. The lowest BCUT2D eigenvalue weighted by molar-refractivity contribution is -0.276. The van der Waals surface area contributed by atoms with Gasteiger partial charge in [0.1, 0.15) is 0 Å². The van der Waals surface area contributed by atoms with Crippen LogP contribution >= 0.6 is 0 Å². The molecule has 0 aliphatic carbocycles. The van der Waals surface area contributed by atoms with Gasteiger partial charge in [-0.05, 0) is 71.9 Å². The Balaban J connectivity index is 1.18. The SMILES string of the molecule is CC1C(CN2CCCCCCC2)OC(c2ccc(-c3cccc(CNC(=O)c4cccnc4)c3)cc2)OC1c1ccc(CO)cc1. The van der Waals surface area contributed by atoms with E-state index in [4.69, 9.17) is 9.47 Å². The lowest BCUT2D eigenvalue weighted by Gasteiger charge is -2.43. The Morgan fingerprint density at radius 3 is 2.30 bits per heavy atom. The molecule has 0 spiro atoms. The topological polar surface area (TPSA) is 83.9 Å². The quantitative estimate of drug-likeness (QED) is 0.206. The van der Waals surface area contributed by atoms with Gasteiger partial charge >= 0.3 is 0 Å². The highest BCUT2D eigenvalue weighted by Crippen LogP contribution is 2.42. The molecule has 0 bridgehead atoms. The van der Waals surface area contributed by atoms with Crippen LogP contribution in [0.15, 0.2) is 97.3 Å². The summed E-state index contributed by atoms with van der Waals surface area (Å²) in [7, 11) is 0. The molecular formula is C39H45N3O4.